The van der Waals surface area contributed by atoms with Gasteiger partial charge in [-0.1, -0.05) is 12.1 Å². The first kappa shape index (κ1) is 16.5. The van der Waals surface area contributed by atoms with E-state index in [2.05, 4.69) is 0 Å². The summed E-state index contributed by atoms with van der Waals surface area (Å²) in [7, 11) is 0. The van der Waals surface area contributed by atoms with Crippen molar-refractivity contribution in [3.8, 4) is 0 Å². The van der Waals surface area contributed by atoms with Gasteiger partial charge in [0.15, 0.2) is 6.29 Å². The Hall–Kier alpha value is -1.01. The Morgan fingerprint density at radius 2 is 1.54 bits per heavy atom. The SMILES string of the molecule is Fc1ccc(C2OCC(C3CCC(OCC4CO4)CC3)CO2)cc1. The van der Waals surface area contributed by atoms with Gasteiger partial charge in [0.1, 0.15) is 11.9 Å². The van der Waals surface area contributed by atoms with E-state index < -0.39 is 0 Å². The van der Waals surface area contributed by atoms with Crippen molar-refractivity contribution in [3.63, 3.8) is 0 Å². The van der Waals surface area contributed by atoms with Crippen molar-refractivity contribution in [2.24, 2.45) is 11.8 Å². The van der Waals surface area contributed by atoms with Crippen LogP contribution in [-0.2, 0) is 18.9 Å². The molecule has 0 radical (unpaired) electrons. The van der Waals surface area contributed by atoms with Crippen molar-refractivity contribution in [3.05, 3.63) is 35.6 Å². The first-order valence-electron chi connectivity index (χ1n) is 9.00. The smallest absolute Gasteiger partial charge is 0.183 e. The van der Waals surface area contributed by atoms with Gasteiger partial charge in [-0.2, -0.15) is 0 Å². The molecule has 0 aromatic heterocycles. The van der Waals surface area contributed by atoms with Gasteiger partial charge in [-0.05, 0) is 43.7 Å². The van der Waals surface area contributed by atoms with E-state index in [1.165, 1.54) is 25.0 Å². The van der Waals surface area contributed by atoms with Crippen LogP contribution in [0.2, 0.25) is 0 Å². The van der Waals surface area contributed by atoms with Crippen LogP contribution in [0.15, 0.2) is 24.3 Å². The molecule has 1 unspecified atom stereocenters. The van der Waals surface area contributed by atoms with Gasteiger partial charge in [0, 0.05) is 11.5 Å². The lowest BCUT2D eigenvalue weighted by Crippen LogP contribution is -2.35. The van der Waals surface area contributed by atoms with Crippen molar-refractivity contribution in [2.75, 3.05) is 26.4 Å². The van der Waals surface area contributed by atoms with E-state index in [-0.39, 0.29) is 12.1 Å². The molecule has 0 bridgehead atoms. The molecule has 1 aliphatic carbocycles. The van der Waals surface area contributed by atoms with Crippen LogP contribution in [0.25, 0.3) is 0 Å². The second-order valence-electron chi connectivity index (χ2n) is 7.14. The fourth-order valence-electron chi connectivity index (χ4n) is 3.74. The monoisotopic (exact) mass is 336 g/mol. The Kier molecular flexibility index (Phi) is 5.13. The first-order chi connectivity index (χ1) is 11.8. The zero-order chi connectivity index (χ0) is 16.4. The summed E-state index contributed by atoms with van der Waals surface area (Å²) >= 11 is 0. The maximum atomic E-state index is 13.0. The molecule has 0 amide bonds. The lowest BCUT2D eigenvalue weighted by Gasteiger charge is -2.37. The van der Waals surface area contributed by atoms with E-state index >= 15 is 0 Å². The van der Waals surface area contributed by atoms with Crippen molar-refractivity contribution >= 4 is 0 Å². The Morgan fingerprint density at radius 1 is 0.875 bits per heavy atom. The molecule has 24 heavy (non-hydrogen) atoms. The van der Waals surface area contributed by atoms with Crippen LogP contribution in [0.5, 0.6) is 0 Å². The molecule has 5 heteroatoms. The predicted octanol–water partition coefficient (Wildman–Crippen LogP) is 3.46. The van der Waals surface area contributed by atoms with Gasteiger partial charge >= 0.3 is 0 Å². The fraction of sp³-hybridized carbons (Fsp3) is 0.684. The molecule has 1 aromatic carbocycles. The first-order valence-corrected chi connectivity index (χ1v) is 9.00. The summed E-state index contributed by atoms with van der Waals surface area (Å²) in [5.41, 5.74) is 0.884. The number of hydrogen-bond acceptors (Lipinski definition) is 4. The average molecular weight is 336 g/mol. The number of benzene rings is 1. The number of halogens is 1. The van der Waals surface area contributed by atoms with Crippen LogP contribution in [0, 0.1) is 17.7 Å². The Bertz CT molecular complexity index is 515. The molecule has 1 aromatic rings. The summed E-state index contributed by atoms with van der Waals surface area (Å²) in [6.45, 7) is 3.05. The molecule has 0 N–H and O–H groups in total. The van der Waals surface area contributed by atoms with Crippen molar-refractivity contribution in [1.29, 1.82) is 0 Å². The van der Waals surface area contributed by atoms with Crippen molar-refractivity contribution in [1.82, 2.24) is 0 Å². The van der Waals surface area contributed by atoms with Crippen molar-refractivity contribution < 1.29 is 23.3 Å². The highest BCUT2D eigenvalue weighted by Crippen LogP contribution is 2.36. The largest absolute Gasteiger partial charge is 0.375 e. The minimum Gasteiger partial charge on any atom is -0.375 e. The van der Waals surface area contributed by atoms with Crippen LogP contribution in [0.1, 0.15) is 37.5 Å². The van der Waals surface area contributed by atoms with Crippen LogP contribution in [-0.4, -0.2) is 38.6 Å². The topological polar surface area (TPSA) is 40.2 Å². The van der Waals surface area contributed by atoms with Gasteiger partial charge in [-0.3, -0.25) is 0 Å². The molecule has 1 atom stereocenters. The third kappa shape index (κ3) is 4.14. The van der Waals surface area contributed by atoms with E-state index in [0.29, 0.717) is 37.3 Å². The zero-order valence-corrected chi connectivity index (χ0v) is 13.9. The van der Waals surface area contributed by atoms with E-state index in [9.17, 15) is 4.39 Å². The Labute approximate surface area is 142 Å². The minimum absolute atomic E-state index is 0.236. The Balaban J connectivity index is 1.21. The second kappa shape index (κ2) is 7.48. The molecule has 2 saturated heterocycles. The predicted molar refractivity (Wildman–Crippen MR) is 86.0 cm³/mol. The second-order valence-corrected chi connectivity index (χ2v) is 7.14. The quantitative estimate of drug-likeness (QED) is 0.772. The fourth-order valence-corrected chi connectivity index (χ4v) is 3.74. The third-order valence-electron chi connectivity index (χ3n) is 5.37. The molecule has 3 fully saturated rings. The number of epoxide rings is 1. The van der Waals surface area contributed by atoms with E-state index in [1.54, 1.807) is 12.1 Å². The summed E-state index contributed by atoms with van der Waals surface area (Å²) < 4.78 is 35.9. The van der Waals surface area contributed by atoms with Crippen LogP contribution >= 0.6 is 0 Å². The lowest BCUT2D eigenvalue weighted by atomic mass is 9.79. The summed E-state index contributed by atoms with van der Waals surface area (Å²) in [6.07, 6.45) is 4.97. The standard InChI is InChI=1S/C19H25FO4/c20-16-5-1-14(2-6-16)19-23-9-15(10-24-19)13-3-7-17(8-4-13)21-11-18-12-22-18/h1-2,5-6,13,15,17-19H,3-4,7-12H2. The molecule has 0 spiro atoms. The van der Waals surface area contributed by atoms with Gasteiger partial charge in [0.25, 0.3) is 0 Å². The third-order valence-corrected chi connectivity index (χ3v) is 5.37. The van der Waals surface area contributed by atoms with Gasteiger partial charge in [-0.15, -0.1) is 0 Å². The number of hydrogen-bond donors (Lipinski definition) is 0. The van der Waals surface area contributed by atoms with E-state index in [1.807, 2.05) is 0 Å². The minimum atomic E-state index is -0.361. The number of rotatable bonds is 5. The highest BCUT2D eigenvalue weighted by atomic mass is 19.1. The summed E-state index contributed by atoms with van der Waals surface area (Å²) in [4.78, 5) is 0. The summed E-state index contributed by atoms with van der Waals surface area (Å²) in [5.74, 6) is 0.866. The summed E-state index contributed by atoms with van der Waals surface area (Å²) in [5, 5.41) is 0. The molecule has 132 valence electrons. The highest BCUT2D eigenvalue weighted by molar-refractivity contribution is 5.17. The van der Waals surface area contributed by atoms with Crippen LogP contribution in [0.3, 0.4) is 0 Å². The van der Waals surface area contributed by atoms with E-state index in [4.69, 9.17) is 18.9 Å². The van der Waals surface area contributed by atoms with Gasteiger partial charge < -0.3 is 18.9 Å². The maximum absolute atomic E-state index is 13.0. The molecule has 1 saturated carbocycles. The van der Waals surface area contributed by atoms with Gasteiger partial charge in [0.05, 0.1) is 32.5 Å². The van der Waals surface area contributed by atoms with Gasteiger partial charge in [0.2, 0.25) is 0 Å². The normalized spacial score (nSPS) is 36.5. The van der Waals surface area contributed by atoms with Crippen LogP contribution < -0.4 is 0 Å². The number of ether oxygens (including phenoxy) is 4. The van der Waals surface area contributed by atoms with Gasteiger partial charge in [-0.25, -0.2) is 4.39 Å². The van der Waals surface area contributed by atoms with Crippen molar-refractivity contribution in [2.45, 2.75) is 44.2 Å². The molecular formula is C19H25FO4. The molecule has 4 nitrogen and oxygen atoms in total. The summed E-state index contributed by atoms with van der Waals surface area (Å²) in [6, 6.07) is 6.35. The molecule has 2 heterocycles. The average Bonchev–Trinajstić information content (AvgIpc) is 3.46. The maximum Gasteiger partial charge on any atom is 0.183 e. The molecular weight excluding hydrogens is 311 g/mol. The van der Waals surface area contributed by atoms with E-state index in [0.717, 1.165) is 31.6 Å². The highest BCUT2D eigenvalue weighted by Gasteiger charge is 2.33. The lowest BCUT2D eigenvalue weighted by molar-refractivity contribution is -0.215. The zero-order valence-electron chi connectivity index (χ0n) is 13.9. The molecule has 4 rings (SSSR count). The Morgan fingerprint density at radius 3 is 2.17 bits per heavy atom. The molecule has 2 aliphatic heterocycles. The molecule has 3 aliphatic rings. The van der Waals surface area contributed by atoms with Crippen LogP contribution in [0.4, 0.5) is 4.39 Å².